The zero-order chi connectivity index (χ0) is 18.8. The van der Waals surface area contributed by atoms with E-state index in [1.807, 2.05) is 5.09 Å². The second kappa shape index (κ2) is 7.03. The highest BCUT2D eigenvalue weighted by atomic mass is 31.2. The Morgan fingerprint density at radius 1 is 1.12 bits per heavy atom. The summed E-state index contributed by atoms with van der Waals surface area (Å²) in [6.07, 6.45) is -0.288. The number of nitrogens with one attached hydrogen (secondary N) is 1. The van der Waals surface area contributed by atoms with E-state index >= 15 is 0 Å². The summed E-state index contributed by atoms with van der Waals surface area (Å²) in [5.41, 5.74) is -0.0980. The van der Waals surface area contributed by atoms with Crippen molar-refractivity contribution in [1.29, 1.82) is 0 Å². The van der Waals surface area contributed by atoms with Crippen molar-refractivity contribution in [3.63, 3.8) is 0 Å². The van der Waals surface area contributed by atoms with Crippen LogP contribution in [0.4, 0.5) is 5.69 Å². The van der Waals surface area contributed by atoms with Crippen LogP contribution in [-0.4, -0.2) is 30.2 Å². The van der Waals surface area contributed by atoms with Crippen molar-refractivity contribution in [2.75, 3.05) is 5.09 Å². The molecule has 0 heterocycles. The number of phenols is 2. The van der Waals surface area contributed by atoms with Crippen LogP contribution in [0.2, 0.25) is 0 Å². The Labute approximate surface area is 144 Å². The van der Waals surface area contributed by atoms with Crippen LogP contribution in [0.3, 0.4) is 0 Å². The first-order valence-corrected chi connectivity index (χ1v) is 9.01. The molecule has 0 saturated heterocycles. The van der Waals surface area contributed by atoms with Crippen LogP contribution in [0.15, 0.2) is 42.5 Å². The molecule has 2 aromatic carbocycles. The maximum Gasteiger partial charge on any atom is 0.427 e. The minimum absolute atomic E-state index is 0.0252. The first-order valence-electron chi connectivity index (χ1n) is 7.39. The number of benzene rings is 2. The number of hydrogen-bond acceptors (Lipinski definition) is 5. The minimum atomic E-state index is -4.72. The molecular formula is C16H20NO7P. The van der Waals surface area contributed by atoms with Crippen LogP contribution in [0, 0.1) is 0 Å². The molecule has 136 valence electrons. The predicted molar refractivity (Wildman–Crippen MR) is 91.0 cm³/mol. The van der Waals surface area contributed by atoms with Gasteiger partial charge in [-0.3, -0.25) is 5.09 Å². The Hall–Kier alpha value is -2.09. The quantitative estimate of drug-likeness (QED) is 0.301. The van der Waals surface area contributed by atoms with Gasteiger partial charge in [0.25, 0.3) is 0 Å². The normalized spacial score (nSPS) is 13.5. The Morgan fingerprint density at radius 2 is 1.76 bits per heavy atom. The van der Waals surface area contributed by atoms with E-state index in [2.05, 4.69) is 0 Å². The number of hydrogen-bond donors (Lipinski definition) is 7. The number of anilines is 1. The topological polar surface area (TPSA) is 150 Å². The zero-order valence-corrected chi connectivity index (χ0v) is 14.3. The van der Waals surface area contributed by atoms with Gasteiger partial charge in [-0.05, 0) is 35.7 Å². The average molecular weight is 369 g/mol. The third kappa shape index (κ3) is 4.94. The van der Waals surface area contributed by atoms with Crippen LogP contribution in [0.25, 0.3) is 0 Å². The molecule has 1 unspecified atom stereocenters. The summed E-state index contributed by atoms with van der Waals surface area (Å²) in [6, 6.07) is 9.96. The largest absolute Gasteiger partial charge is 0.508 e. The molecule has 8 nitrogen and oxygen atoms in total. The molecule has 0 aromatic heterocycles. The van der Waals surface area contributed by atoms with E-state index in [0.29, 0.717) is 5.56 Å². The van der Waals surface area contributed by atoms with Crippen LogP contribution >= 0.6 is 7.75 Å². The second-order valence-corrected chi connectivity index (χ2v) is 7.18. The lowest BCUT2D eigenvalue weighted by Crippen LogP contribution is -2.28. The van der Waals surface area contributed by atoms with Gasteiger partial charge in [0.1, 0.15) is 11.5 Å². The van der Waals surface area contributed by atoms with Crippen LogP contribution < -0.4 is 5.09 Å². The van der Waals surface area contributed by atoms with Crippen molar-refractivity contribution >= 4 is 13.4 Å². The zero-order valence-electron chi connectivity index (χ0n) is 13.4. The number of aromatic hydroxyl groups is 2. The highest BCUT2D eigenvalue weighted by Gasteiger charge is 2.35. The van der Waals surface area contributed by atoms with E-state index in [1.165, 1.54) is 30.3 Å². The van der Waals surface area contributed by atoms with E-state index in [4.69, 9.17) is 9.79 Å². The van der Waals surface area contributed by atoms with Gasteiger partial charge in [0.2, 0.25) is 0 Å². The minimum Gasteiger partial charge on any atom is -0.508 e. The number of phenolic OH excluding ortho intramolecular Hbond substituents is 2. The van der Waals surface area contributed by atoms with Crippen LogP contribution in [0.5, 0.6) is 11.5 Å². The van der Waals surface area contributed by atoms with Gasteiger partial charge in [-0.15, -0.1) is 0 Å². The first kappa shape index (κ1) is 19.2. The van der Waals surface area contributed by atoms with Gasteiger partial charge >= 0.3 is 7.75 Å². The Bertz CT molecular complexity index is 803. The van der Waals surface area contributed by atoms with Crippen molar-refractivity contribution in [1.82, 2.24) is 0 Å². The van der Waals surface area contributed by atoms with Crippen molar-refractivity contribution in [2.45, 2.75) is 25.0 Å². The number of aliphatic hydroxyl groups is 2. The lowest BCUT2D eigenvalue weighted by Gasteiger charge is -2.29. The fourth-order valence-corrected chi connectivity index (χ4v) is 3.19. The second-order valence-electron chi connectivity index (χ2n) is 5.87. The van der Waals surface area contributed by atoms with Crippen LogP contribution in [-0.2, 0) is 10.4 Å². The van der Waals surface area contributed by atoms with E-state index in [1.54, 1.807) is 19.1 Å². The molecule has 2 rings (SSSR count). The third-order valence-electron chi connectivity index (χ3n) is 3.74. The van der Waals surface area contributed by atoms with Crippen molar-refractivity contribution in [2.24, 2.45) is 0 Å². The van der Waals surface area contributed by atoms with Crippen LogP contribution in [0.1, 0.15) is 30.4 Å². The summed E-state index contributed by atoms with van der Waals surface area (Å²) in [5, 5.41) is 42.4. The van der Waals surface area contributed by atoms with E-state index < -0.39 is 30.8 Å². The van der Waals surface area contributed by atoms with Gasteiger partial charge in [-0.1, -0.05) is 25.1 Å². The summed E-state index contributed by atoms with van der Waals surface area (Å²) < 4.78 is 11.2. The smallest absolute Gasteiger partial charge is 0.427 e. The molecule has 25 heavy (non-hydrogen) atoms. The lowest BCUT2D eigenvalue weighted by atomic mass is 9.89. The molecule has 0 aliphatic heterocycles. The molecule has 0 spiro atoms. The van der Waals surface area contributed by atoms with E-state index in [0.717, 1.165) is 0 Å². The molecule has 7 N–H and O–H groups in total. The van der Waals surface area contributed by atoms with Gasteiger partial charge in [0, 0.05) is 6.42 Å². The Balaban J connectivity index is 2.37. The molecule has 2 aromatic rings. The monoisotopic (exact) mass is 369 g/mol. The third-order valence-corrected chi connectivity index (χ3v) is 4.27. The summed E-state index contributed by atoms with van der Waals surface area (Å²) >= 11 is 0. The van der Waals surface area contributed by atoms with Gasteiger partial charge in [0.15, 0.2) is 5.79 Å². The van der Waals surface area contributed by atoms with Crippen molar-refractivity contribution in [3.05, 3.63) is 53.6 Å². The Morgan fingerprint density at radius 3 is 2.36 bits per heavy atom. The Kier molecular flexibility index (Phi) is 5.41. The number of rotatable bonds is 6. The standard InChI is InChI=1S/C16H20NO7P/c1-10(11-4-2-5-12(18)8-11)9-16(20,21)15-13(17-25(22,23)24)6-3-7-14(15)19/h2-8,10,18-21H,9H2,1H3,(H3,17,22,23,24). The summed E-state index contributed by atoms with van der Waals surface area (Å²) in [4.78, 5) is 18.1. The maximum atomic E-state index is 11.2. The summed E-state index contributed by atoms with van der Waals surface area (Å²) in [7, 11) is -4.72. The average Bonchev–Trinajstić information content (AvgIpc) is 2.44. The molecule has 1 atom stereocenters. The van der Waals surface area contributed by atoms with Gasteiger partial charge in [-0.2, -0.15) is 0 Å². The molecule has 9 heteroatoms. The van der Waals surface area contributed by atoms with Crippen molar-refractivity contribution in [3.8, 4) is 11.5 Å². The fraction of sp³-hybridized carbons (Fsp3) is 0.250. The molecular weight excluding hydrogens is 349 g/mol. The molecule has 0 radical (unpaired) electrons. The van der Waals surface area contributed by atoms with Gasteiger partial charge in [-0.25, -0.2) is 4.57 Å². The molecule has 0 saturated carbocycles. The molecule has 0 aliphatic rings. The highest BCUT2D eigenvalue weighted by Crippen LogP contribution is 2.44. The van der Waals surface area contributed by atoms with E-state index in [-0.39, 0.29) is 17.9 Å². The highest BCUT2D eigenvalue weighted by molar-refractivity contribution is 7.53. The van der Waals surface area contributed by atoms with Gasteiger partial charge < -0.3 is 30.2 Å². The van der Waals surface area contributed by atoms with Crippen molar-refractivity contribution < 1.29 is 34.8 Å². The fourth-order valence-electron chi connectivity index (χ4n) is 2.69. The molecule has 0 fully saturated rings. The summed E-state index contributed by atoms with van der Waals surface area (Å²) in [5.74, 6) is -3.51. The predicted octanol–water partition coefficient (Wildman–Crippen LogP) is 1.93. The molecule has 0 aliphatic carbocycles. The molecule has 0 bridgehead atoms. The van der Waals surface area contributed by atoms with Gasteiger partial charge in [0.05, 0.1) is 11.3 Å². The maximum absolute atomic E-state index is 11.2. The first-order chi connectivity index (χ1) is 11.5. The summed E-state index contributed by atoms with van der Waals surface area (Å²) in [6.45, 7) is 1.69. The van der Waals surface area contributed by atoms with E-state index in [9.17, 15) is 25.0 Å². The molecule has 0 amide bonds. The lowest BCUT2D eigenvalue weighted by molar-refractivity contribution is -0.177. The SMILES string of the molecule is CC(CC(O)(O)c1c(O)cccc1NP(=O)(O)O)c1cccc(O)c1.